The Kier molecular flexibility index (Phi) is 18.4. The number of benzene rings is 18. The van der Waals surface area contributed by atoms with Gasteiger partial charge in [-0.25, -0.2) is 29.9 Å². The lowest BCUT2D eigenvalue weighted by molar-refractivity contribution is 0.415. The van der Waals surface area contributed by atoms with E-state index in [2.05, 4.69) is 419 Å². The zero-order valence-electron chi connectivity index (χ0n) is 67.1. The molecule has 0 spiro atoms. The Balaban J connectivity index is 0.000000147. The van der Waals surface area contributed by atoms with Gasteiger partial charge in [0.25, 0.3) is 0 Å². The molecule has 123 heavy (non-hydrogen) atoms. The summed E-state index contributed by atoms with van der Waals surface area (Å²) >= 11 is 0. The average molecular weight is 1570 g/mol. The van der Waals surface area contributed by atoms with Crippen molar-refractivity contribution in [3.8, 4) is 90.6 Å². The highest BCUT2D eigenvalue weighted by molar-refractivity contribution is 6.06. The number of rotatable bonds is 14. The van der Waals surface area contributed by atoms with E-state index in [4.69, 9.17) is 34.3 Å². The monoisotopic (exact) mass is 1570 g/mol. The van der Waals surface area contributed by atoms with E-state index in [9.17, 15) is 0 Å². The predicted octanol–water partition coefficient (Wildman–Crippen LogP) is 27.5. The van der Waals surface area contributed by atoms with Crippen LogP contribution in [0.1, 0.15) is 66.8 Å². The number of hydrogen-bond acceptors (Lipinski definition) is 7. The van der Waals surface area contributed by atoms with Gasteiger partial charge in [0, 0.05) is 44.2 Å². The summed E-state index contributed by atoms with van der Waals surface area (Å²) in [5.74, 6) is 3.65. The van der Waals surface area contributed by atoms with Crippen molar-refractivity contribution in [2.75, 3.05) is 0 Å². The Morgan fingerprint density at radius 1 is 0.154 bits per heavy atom. The zero-order chi connectivity index (χ0) is 81.7. The number of fused-ring (bicyclic) bond motifs is 10. The van der Waals surface area contributed by atoms with Crippen molar-refractivity contribution < 1.29 is 4.42 Å². The smallest absolute Gasteiger partial charge is 0.164 e. The van der Waals surface area contributed by atoms with Gasteiger partial charge in [0.1, 0.15) is 11.2 Å². The highest BCUT2D eigenvalue weighted by Crippen LogP contribution is 2.68. The van der Waals surface area contributed by atoms with Crippen molar-refractivity contribution in [3.05, 3.63) is 540 Å². The fourth-order valence-corrected chi connectivity index (χ4v) is 20.4. The summed E-state index contributed by atoms with van der Waals surface area (Å²) in [5.41, 5.74) is 23.1. The lowest BCUT2D eigenvalue weighted by Crippen LogP contribution is -2.54. The van der Waals surface area contributed by atoms with Crippen molar-refractivity contribution >= 4 is 32.7 Å². The van der Waals surface area contributed by atoms with Gasteiger partial charge in [-0.05, 0) is 136 Å². The van der Waals surface area contributed by atoms with E-state index in [1.165, 1.54) is 83.3 Å². The van der Waals surface area contributed by atoms with Crippen molar-refractivity contribution in [1.82, 2.24) is 29.9 Å². The highest BCUT2D eigenvalue weighted by atomic mass is 16.3. The molecule has 0 saturated carbocycles. The van der Waals surface area contributed by atoms with Crippen LogP contribution in [0.15, 0.2) is 478 Å². The van der Waals surface area contributed by atoms with E-state index >= 15 is 0 Å². The molecule has 2 aliphatic rings. The van der Waals surface area contributed by atoms with Crippen LogP contribution in [0.2, 0.25) is 0 Å². The van der Waals surface area contributed by atoms with Crippen molar-refractivity contribution in [2.24, 2.45) is 0 Å². The van der Waals surface area contributed by atoms with Crippen molar-refractivity contribution in [2.45, 2.75) is 21.7 Å². The third kappa shape index (κ3) is 11.9. The molecule has 21 aromatic rings. The lowest BCUT2D eigenvalue weighted by atomic mass is 9.43. The Labute approximate surface area is 714 Å². The number of nitrogens with zero attached hydrogens (tertiary/aromatic N) is 6. The molecule has 0 N–H and O–H groups in total. The van der Waals surface area contributed by atoms with Crippen LogP contribution in [0, 0.1) is 0 Å². The van der Waals surface area contributed by atoms with Crippen molar-refractivity contribution in [3.63, 3.8) is 0 Å². The number of furan rings is 1. The molecule has 3 heterocycles. The van der Waals surface area contributed by atoms with Gasteiger partial charge in [0.05, 0.1) is 21.7 Å². The number of hydrogen-bond donors (Lipinski definition) is 0. The summed E-state index contributed by atoms with van der Waals surface area (Å²) in [7, 11) is 0. The Bertz CT molecular complexity index is 7310. The topological polar surface area (TPSA) is 90.5 Å². The molecule has 0 aliphatic heterocycles. The van der Waals surface area contributed by atoms with Gasteiger partial charge >= 0.3 is 0 Å². The molecule has 23 rings (SSSR count). The fraction of sp³-hybridized carbons (Fsp3) is 0.0345. The normalized spacial score (nSPS) is 13.6. The molecule has 2 aliphatic carbocycles. The molecule has 0 bridgehead atoms. The van der Waals surface area contributed by atoms with Crippen LogP contribution in [0.4, 0.5) is 0 Å². The third-order valence-corrected chi connectivity index (χ3v) is 25.4. The molecule has 0 unspecified atom stereocenters. The SMILES string of the molecule is c1ccc(-c2nc(-c3ccc4c(c3)C(c3ccccc3)(c3ccccc3)C(c3ccccc3)(c3ccccc3)c3ccccc3-4)nc(-c3ccc4c(c3)oc3ccccc34)n2)cc1.c1ccc(-c2nc(-c3ccc4c(c3)C(c3ccccc3)(c3ccccc3)C(c3ccccc3)(c3ccccc3)c3ccccc3-4)nc(-c3ccc4ccccc4c3)n2)cc1. The lowest BCUT2D eigenvalue weighted by Gasteiger charge is -2.57. The van der Waals surface area contributed by atoms with Gasteiger partial charge in [-0.2, -0.15) is 0 Å². The van der Waals surface area contributed by atoms with E-state index in [-0.39, 0.29) is 0 Å². The van der Waals surface area contributed by atoms with Crippen LogP contribution < -0.4 is 0 Å². The first-order chi connectivity index (χ1) is 61.0. The molecule has 0 amide bonds. The van der Waals surface area contributed by atoms with E-state index in [0.29, 0.717) is 34.9 Å². The van der Waals surface area contributed by atoms with Crippen LogP contribution in [0.25, 0.3) is 123 Å². The number of aromatic nitrogens is 6. The third-order valence-electron chi connectivity index (χ3n) is 25.4. The molecule has 578 valence electrons. The fourth-order valence-electron chi connectivity index (χ4n) is 20.4. The van der Waals surface area contributed by atoms with Crippen LogP contribution in [0.3, 0.4) is 0 Å². The van der Waals surface area contributed by atoms with Gasteiger partial charge < -0.3 is 4.42 Å². The largest absolute Gasteiger partial charge is 0.456 e. The maximum Gasteiger partial charge on any atom is 0.164 e. The van der Waals surface area contributed by atoms with Crippen LogP contribution in [-0.4, -0.2) is 29.9 Å². The molecule has 18 aromatic carbocycles. The second kappa shape index (κ2) is 30.8. The molecular formula is C116H78N6O. The van der Waals surface area contributed by atoms with Crippen molar-refractivity contribution in [1.29, 1.82) is 0 Å². The Morgan fingerprint density at radius 2 is 0.407 bits per heavy atom. The summed E-state index contributed by atoms with van der Waals surface area (Å²) < 4.78 is 6.36. The van der Waals surface area contributed by atoms with Crippen LogP contribution >= 0.6 is 0 Å². The molecule has 3 aromatic heterocycles. The quantitative estimate of drug-likeness (QED) is 0.107. The first kappa shape index (κ1) is 73.4. The van der Waals surface area contributed by atoms with Crippen LogP contribution in [0.5, 0.6) is 0 Å². The molecule has 7 nitrogen and oxygen atoms in total. The van der Waals surface area contributed by atoms with E-state index in [1.807, 2.05) is 54.6 Å². The minimum absolute atomic E-state index is 0.574. The first-order valence-electron chi connectivity index (χ1n) is 42.0. The maximum absolute atomic E-state index is 6.36. The van der Waals surface area contributed by atoms with Crippen LogP contribution in [-0.2, 0) is 21.7 Å². The summed E-state index contributed by atoms with van der Waals surface area (Å²) in [5, 5.41) is 4.45. The Morgan fingerprint density at radius 3 is 0.780 bits per heavy atom. The van der Waals surface area contributed by atoms with E-state index in [1.54, 1.807) is 0 Å². The van der Waals surface area contributed by atoms with E-state index in [0.717, 1.165) is 71.8 Å². The summed E-state index contributed by atoms with van der Waals surface area (Å²) in [6.07, 6.45) is 0. The minimum Gasteiger partial charge on any atom is -0.456 e. The van der Waals surface area contributed by atoms with Gasteiger partial charge in [-0.1, -0.05) is 437 Å². The molecule has 0 fully saturated rings. The number of para-hydroxylation sites is 1. The molecule has 0 radical (unpaired) electrons. The minimum atomic E-state index is -0.803. The summed E-state index contributed by atoms with van der Waals surface area (Å²) in [6.45, 7) is 0. The summed E-state index contributed by atoms with van der Waals surface area (Å²) in [6, 6.07) is 170. The zero-order valence-corrected chi connectivity index (χ0v) is 67.1. The highest BCUT2D eigenvalue weighted by Gasteiger charge is 2.63. The maximum atomic E-state index is 6.36. The van der Waals surface area contributed by atoms with Gasteiger partial charge in [0.2, 0.25) is 0 Å². The summed E-state index contributed by atoms with van der Waals surface area (Å²) in [4.78, 5) is 31.5. The Hall–Kier alpha value is -16.0. The second-order valence-corrected chi connectivity index (χ2v) is 31.8. The predicted molar refractivity (Wildman–Crippen MR) is 499 cm³/mol. The van der Waals surface area contributed by atoms with Gasteiger partial charge in [-0.3, -0.25) is 0 Å². The molecule has 0 atom stereocenters. The second-order valence-electron chi connectivity index (χ2n) is 31.8. The van der Waals surface area contributed by atoms with Gasteiger partial charge in [-0.15, -0.1) is 0 Å². The first-order valence-corrected chi connectivity index (χ1v) is 42.0. The average Bonchev–Trinajstić information content (AvgIpc) is 0.808. The van der Waals surface area contributed by atoms with Gasteiger partial charge in [0.15, 0.2) is 34.9 Å². The standard InChI is InChI=1S/C59H39N3O.C57H39N3/c1-6-20-40(21-7-1)55-60-56(62-57(61-55)42-35-37-50-49-31-17-19-33-53(49)63-54(50)39-42)41-34-36-48-47-30-16-18-32-51(47)58(43-22-8-2-9-23-43,44-24-10-3-11-25-44)59(52(48)38-41,45-26-12-4-13-27-45)46-28-14-5-15-29-46;1-6-21-41(22-7-1)53-58-54(43-35-34-40-20-16-17-23-42(40)38-43)60-55(59-53)44-36-37-50-49-32-18-19-33-51(49)56(45-24-8-2-9-25-45,46-26-10-3-11-27-46)57(52(50)39-44,47-28-12-4-13-29-47)48-30-14-5-15-31-48/h1-39H;1-39H. The molecule has 0 saturated heterocycles. The molecular weight excluding hydrogens is 1490 g/mol. The van der Waals surface area contributed by atoms with E-state index < -0.39 is 21.7 Å². The molecule has 7 heteroatoms.